The van der Waals surface area contributed by atoms with Gasteiger partial charge in [0.05, 0.1) is 11.5 Å². The number of nitrogens with zero attached hydrogens (tertiary/aromatic N) is 3. The predicted octanol–water partition coefficient (Wildman–Crippen LogP) is 0.731. The van der Waals surface area contributed by atoms with Gasteiger partial charge in [-0.2, -0.15) is 0 Å². The zero-order chi connectivity index (χ0) is 20.9. The molecule has 29 heavy (non-hydrogen) atoms. The Kier molecular flexibility index (Phi) is 7.23. The molecule has 10 heteroatoms. The summed E-state index contributed by atoms with van der Waals surface area (Å²) in [5.74, 6) is 0.763. The summed E-state index contributed by atoms with van der Waals surface area (Å²) in [7, 11) is -2.97. The Labute approximate surface area is 177 Å². The summed E-state index contributed by atoms with van der Waals surface area (Å²) in [6, 6.07) is 7.56. The summed E-state index contributed by atoms with van der Waals surface area (Å²) in [5, 5.41) is 6.93. The zero-order valence-corrected chi connectivity index (χ0v) is 18.2. The average molecular weight is 442 g/mol. The van der Waals surface area contributed by atoms with Crippen molar-refractivity contribution in [1.82, 2.24) is 15.5 Å². The van der Waals surface area contributed by atoms with E-state index in [2.05, 4.69) is 20.5 Å². The minimum absolute atomic E-state index is 0.0306. The topological polar surface area (TPSA) is 94.1 Å². The highest BCUT2D eigenvalue weighted by Crippen LogP contribution is 2.19. The highest BCUT2D eigenvalue weighted by molar-refractivity contribution is 7.91. The molecular formula is C19H28ClN5O3S. The van der Waals surface area contributed by atoms with Gasteiger partial charge in [0, 0.05) is 49.5 Å². The number of aliphatic imine (C=N–C) groups is 1. The Morgan fingerprint density at radius 2 is 1.90 bits per heavy atom. The molecule has 2 heterocycles. The first-order valence-corrected chi connectivity index (χ1v) is 12.1. The van der Waals surface area contributed by atoms with E-state index in [1.165, 1.54) is 0 Å². The number of rotatable bonds is 5. The quantitative estimate of drug-likeness (QED) is 0.517. The van der Waals surface area contributed by atoms with Crippen molar-refractivity contribution in [2.75, 3.05) is 55.7 Å². The van der Waals surface area contributed by atoms with Gasteiger partial charge in [0.2, 0.25) is 5.91 Å². The molecule has 0 saturated carbocycles. The van der Waals surface area contributed by atoms with Crippen LogP contribution in [0.1, 0.15) is 13.3 Å². The average Bonchev–Trinajstić information content (AvgIpc) is 3.05. The van der Waals surface area contributed by atoms with Crippen LogP contribution in [0.25, 0.3) is 0 Å². The van der Waals surface area contributed by atoms with Gasteiger partial charge in [-0.15, -0.1) is 0 Å². The Morgan fingerprint density at radius 3 is 2.48 bits per heavy atom. The molecule has 3 rings (SSSR count). The van der Waals surface area contributed by atoms with Gasteiger partial charge in [-0.05, 0) is 37.6 Å². The number of piperazine rings is 1. The highest BCUT2D eigenvalue weighted by Gasteiger charge is 2.28. The molecule has 0 aliphatic carbocycles. The van der Waals surface area contributed by atoms with Gasteiger partial charge in [-0.1, -0.05) is 11.6 Å². The third kappa shape index (κ3) is 6.24. The van der Waals surface area contributed by atoms with Gasteiger partial charge in [-0.3, -0.25) is 4.79 Å². The highest BCUT2D eigenvalue weighted by atomic mass is 35.5. The number of sulfone groups is 1. The maximum absolute atomic E-state index is 12.6. The summed E-state index contributed by atoms with van der Waals surface area (Å²) in [6.07, 6.45) is 0.563. The molecule has 2 fully saturated rings. The van der Waals surface area contributed by atoms with Crippen LogP contribution in [-0.4, -0.2) is 82.0 Å². The van der Waals surface area contributed by atoms with Crippen molar-refractivity contribution in [3.05, 3.63) is 29.3 Å². The number of carbonyl (C=O) groups excluding carboxylic acids is 1. The fourth-order valence-corrected chi connectivity index (χ4v) is 5.33. The van der Waals surface area contributed by atoms with Crippen LogP contribution in [-0.2, 0) is 14.6 Å². The summed E-state index contributed by atoms with van der Waals surface area (Å²) in [5.41, 5.74) is 1.10. The molecule has 2 aliphatic rings. The van der Waals surface area contributed by atoms with E-state index < -0.39 is 9.84 Å². The number of benzene rings is 1. The minimum Gasteiger partial charge on any atom is -0.368 e. The molecule has 8 nitrogen and oxygen atoms in total. The Hall–Kier alpha value is -2.00. The number of halogens is 1. The van der Waals surface area contributed by atoms with Crippen LogP contribution in [0, 0.1) is 0 Å². The molecule has 0 radical (unpaired) electrons. The van der Waals surface area contributed by atoms with Crippen molar-refractivity contribution >= 4 is 39.0 Å². The fourth-order valence-electron chi connectivity index (χ4n) is 3.53. The lowest BCUT2D eigenvalue weighted by molar-refractivity contribution is -0.129. The van der Waals surface area contributed by atoms with Gasteiger partial charge < -0.3 is 20.4 Å². The van der Waals surface area contributed by atoms with Crippen LogP contribution in [0.15, 0.2) is 29.3 Å². The van der Waals surface area contributed by atoms with E-state index >= 15 is 0 Å². The Bertz CT molecular complexity index is 836. The van der Waals surface area contributed by atoms with E-state index in [0.29, 0.717) is 37.0 Å². The standard InChI is InChI=1S/C19H28ClN5O3S/c1-2-21-19(23-16-7-12-29(27,28)14-16)22-13-18(26)25-10-8-24(9-11-25)17-5-3-15(20)4-6-17/h3-6,16H,2,7-14H2,1H3,(H2,21,22,23). The molecule has 2 N–H and O–H groups in total. The van der Waals surface area contributed by atoms with Crippen LogP contribution in [0.2, 0.25) is 5.02 Å². The molecule has 2 aliphatic heterocycles. The maximum atomic E-state index is 12.6. The fraction of sp³-hybridized carbons (Fsp3) is 0.579. The number of hydrogen-bond donors (Lipinski definition) is 2. The summed E-state index contributed by atoms with van der Waals surface area (Å²) >= 11 is 5.94. The minimum atomic E-state index is -2.97. The van der Waals surface area contributed by atoms with Crippen molar-refractivity contribution in [2.24, 2.45) is 4.99 Å². The number of nitrogens with one attached hydrogen (secondary N) is 2. The summed E-state index contributed by atoms with van der Waals surface area (Å²) < 4.78 is 23.3. The first-order chi connectivity index (χ1) is 13.9. The van der Waals surface area contributed by atoms with E-state index in [0.717, 1.165) is 18.8 Å². The molecule has 0 bridgehead atoms. The van der Waals surface area contributed by atoms with Gasteiger partial charge in [-0.25, -0.2) is 13.4 Å². The molecule has 1 aromatic rings. The van der Waals surface area contributed by atoms with E-state index in [4.69, 9.17) is 11.6 Å². The number of guanidine groups is 1. The van der Waals surface area contributed by atoms with E-state index in [1.54, 1.807) is 0 Å². The monoisotopic (exact) mass is 441 g/mol. The second kappa shape index (κ2) is 9.67. The van der Waals surface area contributed by atoms with Crippen molar-refractivity contribution < 1.29 is 13.2 Å². The molecule has 1 amide bonds. The van der Waals surface area contributed by atoms with Gasteiger partial charge >= 0.3 is 0 Å². The van der Waals surface area contributed by atoms with Crippen molar-refractivity contribution in [3.8, 4) is 0 Å². The molecule has 160 valence electrons. The van der Waals surface area contributed by atoms with Crippen molar-refractivity contribution in [3.63, 3.8) is 0 Å². The lowest BCUT2D eigenvalue weighted by Gasteiger charge is -2.36. The molecule has 1 aromatic carbocycles. The smallest absolute Gasteiger partial charge is 0.244 e. The number of hydrogen-bond acceptors (Lipinski definition) is 5. The first kappa shape index (κ1) is 21.7. The zero-order valence-electron chi connectivity index (χ0n) is 16.6. The molecular weight excluding hydrogens is 414 g/mol. The van der Waals surface area contributed by atoms with E-state index in [1.807, 2.05) is 36.1 Å². The SMILES string of the molecule is CCNC(=NCC(=O)N1CCN(c2ccc(Cl)cc2)CC1)NC1CCS(=O)(=O)C1. The molecule has 0 aromatic heterocycles. The maximum Gasteiger partial charge on any atom is 0.244 e. The van der Waals surface area contributed by atoms with Crippen LogP contribution in [0.4, 0.5) is 5.69 Å². The van der Waals surface area contributed by atoms with Crippen LogP contribution >= 0.6 is 11.6 Å². The second-order valence-electron chi connectivity index (χ2n) is 7.28. The number of carbonyl (C=O) groups is 1. The Morgan fingerprint density at radius 1 is 1.21 bits per heavy atom. The predicted molar refractivity (Wildman–Crippen MR) is 116 cm³/mol. The largest absolute Gasteiger partial charge is 0.368 e. The third-order valence-electron chi connectivity index (χ3n) is 5.11. The summed E-state index contributed by atoms with van der Waals surface area (Å²) in [6.45, 7) is 5.41. The van der Waals surface area contributed by atoms with Crippen molar-refractivity contribution in [2.45, 2.75) is 19.4 Å². The number of anilines is 1. The van der Waals surface area contributed by atoms with Gasteiger partial charge in [0.25, 0.3) is 0 Å². The van der Waals surface area contributed by atoms with Gasteiger partial charge in [0.1, 0.15) is 6.54 Å². The second-order valence-corrected chi connectivity index (χ2v) is 9.95. The van der Waals surface area contributed by atoms with E-state index in [9.17, 15) is 13.2 Å². The Balaban J connectivity index is 1.50. The van der Waals surface area contributed by atoms with Gasteiger partial charge in [0.15, 0.2) is 15.8 Å². The first-order valence-electron chi connectivity index (χ1n) is 9.90. The normalized spacial score (nSPS) is 21.9. The number of amides is 1. The summed E-state index contributed by atoms with van der Waals surface area (Å²) in [4.78, 5) is 21.0. The third-order valence-corrected chi connectivity index (χ3v) is 7.13. The van der Waals surface area contributed by atoms with Crippen LogP contribution in [0.3, 0.4) is 0 Å². The van der Waals surface area contributed by atoms with E-state index in [-0.39, 0.29) is 30.0 Å². The van der Waals surface area contributed by atoms with Crippen LogP contribution in [0.5, 0.6) is 0 Å². The lowest BCUT2D eigenvalue weighted by Crippen LogP contribution is -2.50. The molecule has 1 atom stereocenters. The van der Waals surface area contributed by atoms with Crippen LogP contribution < -0.4 is 15.5 Å². The lowest BCUT2D eigenvalue weighted by atomic mass is 10.2. The molecule has 0 spiro atoms. The molecule has 2 saturated heterocycles. The molecule has 1 unspecified atom stereocenters. The van der Waals surface area contributed by atoms with Crippen molar-refractivity contribution in [1.29, 1.82) is 0 Å².